The first-order valence-corrected chi connectivity index (χ1v) is 5.46. The molecule has 0 aromatic carbocycles. The lowest BCUT2D eigenvalue weighted by Gasteiger charge is -2.14. The standard InChI is InChI=1S/C12H14N4O2/c1-8(9-5-3-4-6-14-9)16-7-15-10(11(16)13)12(17)18-2/h3-8H,13H2,1-2H3. The molecule has 94 valence electrons. The summed E-state index contributed by atoms with van der Waals surface area (Å²) in [4.78, 5) is 19.6. The third kappa shape index (κ3) is 2.04. The minimum atomic E-state index is -0.542. The van der Waals surface area contributed by atoms with Gasteiger partial charge in [0, 0.05) is 6.20 Å². The van der Waals surface area contributed by atoms with Crippen molar-refractivity contribution in [2.45, 2.75) is 13.0 Å². The molecule has 6 heteroatoms. The summed E-state index contributed by atoms with van der Waals surface area (Å²) in [7, 11) is 1.29. The molecule has 0 bridgehead atoms. The zero-order valence-electron chi connectivity index (χ0n) is 10.2. The van der Waals surface area contributed by atoms with Crippen LogP contribution in [0.1, 0.15) is 29.1 Å². The molecule has 0 radical (unpaired) electrons. The first kappa shape index (κ1) is 12.1. The van der Waals surface area contributed by atoms with E-state index in [4.69, 9.17) is 5.73 Å². The number of ether oxygens (including phenoxy) is 1. The summed E-state index contributed by atoms with van der Waals surface area (Å²) >= 11 is 0. The van der Waals surface area contributed by atoms with Crippen LogP contribution < -0.4 is 5.73 Å². The summed E-state index contributed by atoms with van der Waals surface area (Å²) in [6, 6.07) is 5.53. The number of pyridine rings is 1. The highest BCUT2D eigenvalue weighted by Crippen LogP contribution is 2.21. The highest BCUT2D eigenvalue weighted by molar-refractivity contribution is 5.92. The van der Waals surface area contributed by atoms with Crippen LogP contribution in [0.2, 0.25) is 0 Å². The van der Waals surface area contributed by atoms with Crippen molar-refractivity contribution in [1.29, 1.82) is 0 Å². The van der Waals surface area contributed by atoms with Crippen LogP contribution in [0.25, 0.3) is 0 Å². The fourth-order valence-corrected chi connectivity index (χ4v) is 1.70. The second kappa shape index (κ2) is 4.87. The highest BCUT2D eigenvalue weighted by atomic mass is 16.5. The smallest absolute Gasteiger partial charge is 0.360 e. The number of esters is 1. The third-order valence-electron chi connectivity index (χ3n) is 2.74. The van der Waals surface area contributed by atoms with E-state index in [-0.39, 0.29) is 17.6 Å². The summed E-state index contributed by atoms with van der Waals surface area (Å²) in [5.74, 6) is -0.264. The molecule has 2 heterocycles. The molecular weight excluding hydrogens is 232 g/mol. The maximum absolute atomic E-state index is 11.4. The Labute approximate surface area is 104 Å². The second-order valence-electron chi connectivity index (χ2n) is 3.81. The van der Waals surface area contributed by atoms with Gasteiger partial charge in [0.25, 0.3) is 0 Å². The van der Waals surface area contributed by atoms with Gasteiger partial charge in [-0.15, -0.1) is 0 Å². The largest absolute Gasteiger partial charge is 0.464 e. The average molecular weight is 246 g/mol. The zero-order valence-corrected chi connectivity index (χ0v) is 10.2. The monoisotopic (exact) mass is 246 g/mol. The van der Waals surface area contributed by atoms with Crippen LogP contribution in [0.3, 0.4) is 0 Å². The topological polar surface area (TPSA) is 83.0 Å². The molecule has 0 aliphatic carbocycles. The predicted octanol–water partition coefficient (Wildman–Crippen LogP) is 1.26. The molecule has 0 saturated heterocycles. The number of carbonyl (C=O) groups is 1. The summed E-state index contributed by atoms with van der Waals surface area (Å²) < 4.78 is 6.29. The lowest BCUT2D eigenvalue weighted by atomic mass is 10.2. The minimum Gasteiger partial charge on any atom is -0.464 e. The van der Waals surface area contributed by atoms with Gasteiger partial charge >= 0.3 is 5.97 Å². The number of nitrogen functional groups attached to an aromatic ring is 1. The Balaban J connectivity index is 2.35. The van der Waals surface area contributed by atoms with Crippen molar-refractivity contribution in [3.63, 3.8) is 0 Å². The molecule has 0 saturated carbocycles. The zero-order chi connectivity index (χ0) is 13.1. The van der Waals surface area contributed by atoms with Gasteiger partial charge in [-0.25, -0.2) is 9.78 Å². The van der Waals surface area contributed by atoms with E-state index in [1.54, 1.807) is 10.8 Å². The lowest BCUT2D eigenvalue weighted by Crippen LogP contribution is -2.12. The third-order valence-corrected chi connectivity index (χ3v) is 2.74. The quantitative estimate of drug-likeness (QED) is 0.824. The van der Waals surface area contributed by atoms with Gasteiger partial charge in [-0.05, 0) is 19.1 Å². The predicted molar refractivity (Wildman–Crippen MR) is 66.0 cm³/mol. The molecule has 6 nitrogen and oxygen atoms in total. The maximum Gasteiger partial charge on any atom is 0.360 e. The van der Waals surface area contributed by atoms with E-state index in [9.17, 15) is 4.79 Å². The lowest BCUT2D eigenvalue weighted by molar-refractivity contribution is 0.0596. The van der Waals surface area contributed by atoms with Gasteiger partial charge in [-0.3, -0.25) is 4.98 Å². The van der Waals surface area contributed by atoms with E-state index in [0.29, 0.717) is 0 Å². The molecule has 0 amide bonds. The Bertz CT molecular complexity index is 550. The average Bonchev–Trinajstić information content (AvgIpc) is 2.80. The van der Waals surface area contributed by atoms with E-state index < -0.39 is 5.97 Å². The molecular formula is C12H14N4O2. The van der Waals surface area contributed by atoms with E-state index in [1.165, 1.54) is 13.4 Å². The molecule has 1 unspecified atom stereocenters. The summed E-state index contributed by atoms with van der Waals surface area (Å²) in [6.07, 6.45) is 3.22. The molecule has 2 N–H and O–H groups in total. The summed E-state index contributed by atoms with van der Waals surface area (Å²) in [5, 5.41) is 0. The van der Waals surface area contributed by atoms with Crippen molar-refractivity contribution in [2.24, 2.45) is 0 Å². The van der Waals surface area contributed by atoms with Crippen molar-refractivity contribution >= 4 is 11.8 Å². The van der Waals surface area contributed by atoms with Crippen LogP contribution in [0.4, 0.5) is 5.82 Å². The molecule has 0 aliphatic rings. The van der Waals surface area contributed by atoms with Crippen LogP contribution in [0.15, 0.2) is 30.7 Å². The number of methoxy groups -OCH3 is 1. The summed E-state index contributed by atoms with van der Waals surface area (Å²) in [5.41, 5.74) is 6.86. The maximum atomic E-state index is 11.4. The number of hydrogen-bond donors (Lipinski definition) is 1. The fourth-order valence-electron chi connectivity index (χ4n) is 1.70. The molecule has 1 atom stereocenters. The number of imidazole rings is 1. The van der Waals surface area contributed by atoms with Gasteiger partial charge in [-0.1, -0.05) is 6.07 Å². The van der Waals surface area contributed by atoms with Crippen molar-refractivity contribution in [2.75, 3.05) is 12.8 Å². The molecule has 0 fully saturated rings. The van der Waals surface area contributed by atoms with Crippen LogP contribution >= 0.6 is 0 Å². The first-order valence-electron chi connectivity index (χ1n) is 5.46. The number of carbonyl (C=O) groups excluding carboxylic acids is 1. The van der Waals surface area contributed by atoms with Gasteiger partial charge in [0.05, 0.1) is 25.2 Å². The van der Waals surface area contributed by atoms with Gasteiger partial charge in [-0.2, -0.15) is 0 Å². The Morgan fingerprint density at radius 2 is 2.22 bits per heavy atom. The minimum absolute atomic E-state index is 0.0999. The van der Waals surface area contributed by atoms with E-state index >= 15 is 0 Å². The Hall–Kier alpha value is -2.37. The van der Waals surface area contributed by atoms with E-state index in [1.807, 2.05) is 25.1 Å². The Morgan fingerprint density at radius 1 is 1.44 bits per heavy atom. The number of anilines is 1. The molecule has 18 heavy (non-hydrogen) atoms. The number of rotatable bonds is 3. The van der Waals surface area contributed by atoms with Gasteiger partial charge in [0.15, 0.2) is 5.69 Å². The van der Waals surface area contributed by atoms with Crippen LogP contribution in [0.5, 0.6) is 0 Å². The number of aromatic nitrogens is 3. The van der Waals surface area contributed by atoms with Crippen molar-refractivity contribution in [3.05, 3.63) is 42.1 Å². The van der Waals surface area contributed by atoms with Crippen LogP contribution in [-0.4, -0.2) is 27.6 Å². The van der Waals surface area contributed by atoms with Crippen molar-refractivity contribution < 1.29 is 9.53 Å². The molecule has 2 aromatic rings. The summed E-state index contributed by atoms with van der Waals surface area (Å²) in [6.45, 7) is 1.93. The normalized spacial score (nSPS) is 12.1. The van der Waals surface area contributed by atoms with Gasteiger partial charge < -0.3 is 15.0 Å². The highest BCUT2D eigenvalue weighted by Gasteiger charge is 2.19. The molecule has 0 spiro atoms. The van der Waals surface area contributed by atoms with Crippen molar-refractivity contribution in [3.8, 4) is 0 Å². The molecule has 0 aliphatic heterocycles. The number of hydrogen-bond acceptors (Lipinski definition) is 5. The first-order chi connectivity index (χ1) is 8.65. The Morgan fingerprint density at radius 3 is 2.83 bits per heavy atom. The van der Waals surface area contributed by atoms with Gasteiger partial charge in [0.2, 0.25) is 0 Å². The van der Waals surface area contributed by atoms with E-state index in [2.05, 4.69) is 14.7 Å². The number of nitrogens with two attached hydrogens (primary N) is 1. The van der Waals surface area contributed by atoms with Crippen LogP contribution in [0, 0.1) is 0 Å². The SMILES string of the molecule is COC(=O)c1ncn(C(C)c2ccccn2)c1N. The molecule has 2 rings (SSSR count). The van der Waals surface area contributed by atoms with Gasteiger partial charge in [0.1, 0.15) is 5.82 Å². The fraction of sp³-hybridized carbons (Fsp3) is 0.250. The number of nitrogens with zero attached hydrogens (tertiary/aromatic N) is 3. The second-order valence-corrected chi connectivity index (χ2v) is 3.81. The van der Waals surface area contributed by atoms with Crippen molar-refractivity contribution in [1.82, 2.24) is 14.5 Å². The molecule has 2 aromatic heterocycles. The van der Waals surface area contributed by atoms with E-state index in [0.717, 1.165) is 5.69 Å². The van der Waals surface area contributed by atoms with Crippen LogP contribution in [-0.2, 0) is 4.74 Å². The Kier molecular flexibility index (Phi) is 3.27.